The van der Waals surface area contributed by atoms with Crippen LogP contribution in [-0.2, 0) is 4.79 Å². The number of nitrogens with one attached hydrogen (secondary N) is 1. The first-order valence-electron chi connectivity index (χ1n) is 12.4. The summed E-state index contributed by atoms with van der Waals surface area (Å²) in [6, 6.07) is 19.1. The fraction of sp³-hybridized carbons (Fsp3) is 0.207. The summed E-state index contributed by atoms with van der Waals surface area (Å²) in [6.07, 6.45) is 6.06. The quantitative estimate of drug-likeness (QED) is 0.283. The Hall–Kier alpha value is -4.24. The van der Waals surface area contributed by atoms with Gasteiger partial charge in [-0.05, 0) is 71.6 Å². The molecule has 1 amide bonds. The predicted molar refractivity (Wildman–Crippen MR) is 151 cm³/mol. The summed E-state index contributed by atoms with van der Waals surface area (Å²) in [4.78, 5) is 21.0. The molecule has 1 N–H and O–H groups in total. The Labute approximate surface area is 225 Å². The number of aromatic nitrogens is 1. The summed E-state index contributed by atoms with van der Waals surface area (Å²) in [7, 11) is 0. The lowest BCUT2D eigenvalue weighted by molar-refractivity contribution is -0.114. The van der Waals surface area contributed by atoms with Crippen LogP contribution < -0.4 is 9.47 Å². The molecule has 0 radical (unpaired) electrons. The summed E-state index contributed by atoms with van der Waals surface area (Å²) < 4.78 is 11.8. The van der Waals surface area contributed by atoms with E-state index in [1.807, 2.05) is 54.6 Å². The third kappa shape index (κ3) is 5.52. The van der Waals surface area contributed by atoms with Crippen molar-refractivity contribution in [3.05, 3.63) is 95.3 Å². The van der Waals surface area contributed by atoms with Crippen LogP contribution >= 0.6 is 11.8 Å². The first-order chi connectivity index (χ1) is 18.5. The van der Waals surface area contributed by atoms with Crippen LogP contribution in [0, 0.1) is 5.41 Å². The number of fused-ring (bicyclic) bond motifs is 1. The van der Waals surface area contributed by atoms with Gasteiger partial charge in [-0.25, -0.2) is 0 Å². The summed E-state index contributed by atoms with van der Waals surface area (Å²) in [5.41, 5.74) is 2.94. The van der Waals surface area contributed by atoms with Gasteiger partial charge in [-0.2, -0.15) is 15.1 Å². The fourth-order valence-corrected chi connectivity index (χ4v) is 4.86. The number of carbonyl (C=O) groups excluding carboxylic acids is 1. The van der Waals surface area contributed by atoms with Gasteiger partial charge in [0, 0.05) is 18.0 Å². The maximum Gasteiger partial charge on any atom is 0.283 e. The van der Waals surface area contributed by atoms with E-state index in [2.05, 4.69) is 35.0 Å². The molecule has 9 heteroatoms. The fourth-order valence-electron chi connectivity index (χ4n) is 3.98. The van der Waals surface area contributed by atoms with E-state index in [-0.39, 0.29) is 11.4 Å². The molecule has 1 aromatic heterocycles. The van der Waals surface area contributed by atoms with Crippen molar-refractivity contribution in [1.29, 1.82) is 5.41 Å². The molecule has 5 rings (SSSR count). The summed E-state index contributed by atoms with van der Waals surface area (Å²) in [6.45, 7) is 5.20. The van der Waals surface area contributed by atoms with E-state index in [0.29, 0.717) is 35.1 Å². The zero-order valence-corrected chi connectivity index (χ0v) is 21.9. The van der Waals surface area contributed by atoms with Crippen molar-refractivity contribution in [2.75, 3.05) is 13.2 Å². The van der Waals surface area contributed by atoms with Crippen LogP contribution in [0.5, 0.6) is 11.5 Å². The second kappa shape index (κ2) is 11.4. The van der Waals surface area contributed by atoms with E-state index in [1.54, 1.807) is 18.5 Å². The molecule has 3 heterocycles. The Kier molecular flexibility index (Phi) is 7.65. The van der Waals surface area contributed by atoms with Gasteiger partial charge in [0.2, 0.25) is 5.17 Å². The maximum atomic E-state index is 12.7. The summed E-state index contributed by atoms with van der Waals surface area (Å²) in [5, 5.41) is 15.4. The van der Waals surface area contributed by atoms with E-state index in [9.17, 15) is 4.79 Å². The Morgan fingerprint density at radius 2 is 1.84 bits per heavy atom. The number of hydrogen-bond acceptors (Lipinski definition) is 7. The number of aliphatic imine (C=N–C) groups is 1. The van der Waals surface area contributed by atoms with Crippen LogP contribution in [0.2, 0.25) is 0 Å². The Balaban J connectivity index is 1.20. The number of thioether (sulfide) groups is 1. The smallest absolute Gasteiger partial charge is 0.283 e. The molecule has 1 atom stereocenters. The number of carbonyl (C=O) groups is 1. The zero-order chi connectivity index (χ0) is 26.5. The lowest BCUT2D eigenvalue weighted by Crippen LogP contribution is -2.35. The molecule has 8 nitrogen and oxygen atoms in total. The monoisotopic (exact) mass is 525 g/mol. The molecular weight excluding hydrogens is 498 g/mol. The Morgan fingerprint density at radius 3 is 2.61 bits per heavy atom. The van der Waals surface area contributed by atoms with Crippen LogP contribution in [0.15, 0.2) is 88.7 Å². The van der Waals surface area contributed by atoms with Crippen molar-refractivity contribution in [3.63, 3.8) is 0 Å². The number of para-hydroxylation sites is 1. The second-order valence-electron chi connectivity index (χ2n) is 8.78. The van der Waals surface area contributed by atoms with Crippen LogP contribution in [0.3, 0.4) is 0 Å². The van der Waals surface area contributed by atoms with Gasteiger partial charge >= 0.3 is 0 Å². The molecule has 0 fully saturated rings. The van der Waals surface area contributed by atoms with Crippen LogP contribution in [-0.4, -0.2) is 45.2 Å². The van der Waals surface area contributed by atoms with E-state index in [4.69, 9.17) is 14.9 Å². The number of nitrogens with zero attached hydrogens (tertiary/aromatic N) is 4. The van der Waals surface area contributed by atoms with Crippen molar-refractivity contribution in [2.24, 2.45) is 10.1 Å². The molecule has 2 aliphatic rings. The van der Waals surface area contributed by atoms with Gasteiger partial charge in [0.25, 0.3) is 5.91 Å². The first kappa shape index (κ1) is 25.4. The topological polar surface area (TPSA) is 100 Å². The number of pyridine rings is 1. The van der Waals surface area contributed by atoms with E-state index < -0.39 is 5.91 Å². The molecule has 0 saturated carbocycles. The van der Waals surface area contributed by atoms with E-state index in [1.165, 1.54) is 22.3 Å². The number of rotatable bonds is 9. The Morgan fingerprint density at radius 1 is 1.05 bits per heavy atom. The molecule has 192 valence electrons. The Bertz CT molecular complexity index is 1430. The van der Waals surface area contributed by atoms with Gasteiger partial charge in [0.1, 0.15) is 29.8 Å². The highest BCUT2D eigenvalue weighted by atomic mass is 32.2. The zero-order valence-electron chi connectivity index (χ0n) is 21.1. The number of amidine groups is 2. The SMILES string of the molecule is CCC(C)c1ccccc1OCCOc1ccc(C=C2C(=N)N3N=C(c4cccnc4)SC3=NC2=O)cc1. The van der Waals surface area contributed by atoms with Gasteiger partial charge in [0.15, 0.2) is 5.84 Å². The lowest BCUT2D eigenvalue weighted by Gasteiger charge is -2.20. The van der Waals surface area contributed by atoms with Gasteiger partial charge in [0.05, 0.1) is 5.57 Å². The molecule has 2 aromatic carbocycles. The van der Waals surface area contributed by atoms with Crippen LogP contribution in [0.25, 0.3) is 6.08 Å². The van der Waals surface area contributed by atoms with Crippen molar-refractivity contribution < 1.29 is 14.3 Å². The largest absolute Gasteiger partial charge is 0.490 e. The third-order valence-electron chi connectivity index (χ3n) is 6.23. The standard InChI is InChI=1S/C29H27N5O3S/c1-3-19(2)23-8-4-5-9-25(23)37-16-15-36-22-12-10-20(11-13-22)17-24-26(30)34-29(32-27(24)35)38-28(33-34)21-7-6-14-31-18-21/h4-14,17-19,30H,3,15-16H2,1-2H3. The molecule has 0 bridgehead atoms. The predicted octanol–water partition coefficient (Wildman–Crippen LogP) is 5.72. The van der Waals surface area contributed by atoms with Crippen LogP contribution in [0.4, 0.5) is 0 Å². The molecule has 0 spiro atoms. The lowest BCUT2D eigenvalue weighted by atomic mass is 9.98. The minimum absolute atomic E-state index is 0.0125. The van der Waals surface area contributed by atoms with Crippen molar-refractivity contribution in [2.45, 2.75) is 26.2 Å². The normalized spacial score (nSPS) is 16.7. The number of amides is 1. The number of benzene rings is 2. The van der Waals surface area contributed by atoms with Crippen molar-refractivity contribution in [3.8, 4) is 11.5 Å². The second-order valence-corrected chi connectivity index (χ2v) is 9.74. The number of hydrogen-bond donors (Lipinski definition) is 1. The molecule has 3 aromatic rings. The minimum Gasteiger partial charge on any atom is -0.490 e. The highest BCUT2D eigenvalue weighted by Gasteiger charge is 2.36. The number of ether oxygens (including phenoxy) is 2. The summed E-state index contributed by atoms with van der Waals surface area (Å²) >= 11 is 1.25. The van der Waals surface area contributed by atoms with Gasteiger partial charge < -0.3 is 9.47 Å². The van der Waals surface area contributed by atoms with Crippen molar-refractivity contribution >= 4 is 39.8 Å². The molecular formula is C29H27N5O3S. The maximum absolute atomic E-state index is 12.7. The summed E-state index contributed by atoms with van der Waals surface area (Å²) in [5.74, 6) is 1.54. The average molecular weight is 526 g/mol. The molecule has 2 aliphatic heterocycles. The first-order valence-corrected chi connectivity index (χ1v) is 13.2. The minimum atomic E-state index is -0.466. The van der Waals surface area contributed by atoms with Gasteiger partial charge in [-0.15, -0.1) is 0 Å². The average Bonchev–Trinajstić information content (AvgIpc) is 3.38. The number of hydrazone groups is 1. The highest BCUT2D eigenvalue weighted by molar-refractivity contribution is 8.27. The van der Waals surface area contributed by atoms with E-state index >= 15 is 0 Å². The van der Waals surface area contributed by atoms with Crippen molar-refractivity contribution in [1.82, 2.24) is 9.99 Å². The molecule has 38 heavy (non-hydrogen) atoms. The highest BCUT2D eigenvalue weighted by Crippen LogP contribution is 2.31. The van der Waals surface area contributed by atoms with Crippen LogP contribution in [0.1, 0.15) is 42.9 Å². The van der Waals surface area contributed by atoms with E-state index in [0.717, 1.165) is 23.3 Å². The van der Waals surface area contributed by atoms with Gasteiger partial charge in [-0.1, -0.05) is 44.2 Å². The van der Waals surface area contributed by atoms with Gasteiger partial charge in [-0.3, -0.25) is 15.2 Å². The molecule has 1 unspecified atom stereocenters. The molecule has 0 saturated heterocycles. The third-order valence-corrected chi connectivity index (χ3v) is 7.18. The molecule has 0 aliphatic carbocycles.